The summed E-state index contributed by atoms with van der Waals surface area (Å²) in [4.78, 5) is 20.7. The lowest BCUT2D eigenvalue weighted by molar-refractivity contribution is -0.122. The van der Waals surface area contributed by atoms with Crippen molar-refractivity contribution < 1.29 is 13.6 Å². The minimum atomic E-state index is -2.63. The lowest BCUT2D eigenvalue weighted by Crippen LogP contribution is -2.50. The molecule has 0 unspecified atom stereocenters. The molecule has 1 aromatic carbocycles. The van der Waals surface area contributed by atoms with Gasteiger partial charge in [-0.1, -0.05) is 25.5 Å². The fourth-order valence-electron chi connectivity index (χ4n) is 3.70. The zero-order chi connectivity index (χ0) is 20.1. The number of nitrogens with zero attached hydrogens (tertiary/aromatic N) is 4. The second kappa shape index (κ2) is 9.43. The van der Waals surface area contributed by atoms with Crippen LogP contribution in [0, 0.1) is 0 Å². The van der Waals surface area contributed by atoms with Gasteiger partial charge < -0.3 is 5.32 Å². The van der Waals surface area contributed by atoms with Gasteiger partial charge in [-0.15, -0.1) is 0 Å². The molecular formula is C20H29F2N5O. The molecule has 154 valence electrons. The van der Waals surface area contributed by atoms with Crippen LogP contribution in [0.4, 0.5) is 8.78 Å². The van der Waals surface area contributed by atoms with Crippen LogP contribution < -0.4 is 5.32 Å². The van der Waals surface area contributed by atoms with E-state index in [0.29, 0.717) is 23.4 Å². The smallest absolute Gasteiger partial charge is 0.320 e. The Hall–Kier alpha value is -2.06. The lowest BCUT2D eigenvalue weighted by atomic mass is 10.2. The van der Waals surface area contributed by atoms with Crippen molar-refractivity contribution >= 4 is 16.9 Å². The third-order valence-electron chi connectivity index (χ3n) is 5.37. The first-order chi connectivity index (χ1) is 13.5. The zero-order valence-electron chi connectivity index (χ0n) is 16.6. The number of alkyl halides is 2. The van der Waals surface area contributed by atoms with Gasteiger partial charge in [0.05, 0.1) is 23.6 Å². The molecule has 1 atom stereocenters. The van der Waals surface area contributed by atoms with Crippen LogP contribution in [0.15, 0.2) is 24.3 Å². The van der Waals surface area contributed by atoms with Crippen LogP contribution in [-0.2, 0) is 4.79 Å². The van der Waals surface area contributed by atoms with Crippen LogP contribution in [0.1, 0.15) is 45.1 Å². The first-order valence-corrected chi connectivity index (χ1v) is 9.99. The quantitative estimate of drug-likeness (QED) is 0.701. The van der Waals surface area contributed by atoms with E-state index in [9.17, 15) is 13.6 Å². The van der Waals surface area contributed by atoms with E-state index in [2.05, 4.69) is 27.0 Å². The van der Waals surface area contributed by atoms with Crippen molar-refractivity contribution in [1.29, 1.82) is 0 Å². The van der Waals surface area contributed by atoms with Crippen LogP contribution in [0.25, 0.3) is 11.0 Å². The number of halogens is 2. The number of carbonyl (C=O) groups is 1. The highest BCUT2D eigenvalue weighted by Gasteiger charge is 2.28. The summed E-state index contributed by atoms with van der Waals surface area (Å²) < 4.78 is 28.4. The maximum Gasteiger partial charge on any atom is 0.320 e. The van der Waals surface area contributed by atoms with Crippen molar-refractivity contribution in [3.05, 3.63) is 30.1 Å². The van der Waals surface area contributed by atoms with Gasteiger partial charge in [0.25, 0.3) is 0 Å². The van der Waals surface area contributed by atoms with Gasteiger partial charge in [-0.05, 0) is 25.5 Å². The molecule has 2 aromatic rings. The van der Waals surface area contributed by atoms with Crippen LogP contribution in [0.5, 0.6) is 0 Å². The Bertz CT molecular complexity index is 786. The number of rotatable bonds is 8. The number of unbranched alkanes of at least 4 members (excludes halogenated alkanes) is 1. The first kappa shape index (κ1) is 20.7. The molecule has 1 fully saturated rings. The second-order valence-electron chi connectivity index (χ2n) is 7.30. The Balaban J connectivity index is 1.61. The van der Waals surface area contributed by atoms with Crippen molar-refractivity contribution in [2.24, 2.45) is 0 Å². The summed E-state index contributed by atoms with van der Waals surface area (Å²) in [6.07, 6.45) is 2.04. The summed E-state index contributed by atoms with van der Waals surface area (Å²) in [6, 6.07) is 6.78. The van der Waals surface area contributed by atoms with Crippen molar-refractivity contribution in [2.75, 3.05) is 39.3 Å². The first-order valence-electron chi connectivity index (χ1n) is 9.99. The number of nitrogens with one attached hydrogen (secondary N) is 1. The molecule has 0 bridgehead atoms. The van der Waals surface area contributed by atoms with Gasteiger partial charge in [0.1, 0.15) is 5.82 Å². The number of piperazine rings is 1. The Morgan fingerprint density at radius 1 is 1.21 bits per heavy atom. The number of carbonyl (C=O) groups excluding carboxylic acids is 1. The fraction of sp³-hybridized carbons (Fsp3) is 0.600. The predicted octanol–water partition coefficient (Wildman–Crippen LogP) is 3.03. The maximum atomic E-state index is 13.7. The molecule has 1 aromatic heterocycles. The molecule has 28 heavy (non-hydrogen) atoms. The van der Waals surface area contributed by atoms with Gasteiger partial charge in [-0.2, -0.15) is 8.78 Å². The SMILES string of the molecule is CCCCNC(=O)CN1CCN([C@@H](C)c2nc3ccccc3n2C(F)F)CC1. The average molecular weight is 393 g/mol. The number of benzene rings is 1. The van der Waals surface area contributed by atoms with Gasteiger partial charge in [0.15, 0.2) is 0 Å². The lowest BCUT2D eigenvalue weighted by Gasteiger charge is -2.37. The number of hydrogen-bond acceptors (Lipinski definition) is 4. The summed E-state index contributed by atoms with van der Waals surface area (Å²) in [6.45, 7) is 5.41. The Morgan fingerprint density at radius 3 is 2.61 bits per heavy atom. The van der Waals surface area contributed by atoms with Crippen LogP contribution in [-0.4, -0.2) is 64.5 Å². The van der Waals surface area contributed by atoms with Crippen molar-refractivity contribution in [2.45, 2.75) is 39.3 Å². The number of amides is 1. The predicted molar refractivity (Wildman–Crippen MR) is 105 cm³/mol. The minimum Gasteiger partial charge on any atom is -0.355 e. The number of fused-ring (bicyclic) bond motifs is 1. The topological polar surface area (TPSA) is 53.4 Å². The summed E-state index contributed by atoms with van der Waals surface area (Å²) in [5.41, 5.74) is 1.05. The Labute approximate surface area is 164 Å². The monoisotopic (exact) mass is 393 g/mol. The highest BCUT2D eigenvalue weighted by Crippen LogP contribution is 2.29. The van der Waals surface area contributed by atoms with Crippen LogP contribution >= 0.6 is 0 Å². The fourth-order valence-corrected chi connectivity index (χ4v) is 3.70. The molecule has 0 radical (unpaired) electrons. The van der Waals surface area contributed by atoms with E-state index >= 15 is 0 Å². The van der Waals surface area contributed by atoms with E-state index in [-0.39, 0.29) is 11.9 Å². The zero-order valence-corrected chi connectivity index (χ0v) is 16.6. The van der Waals surface area contributed by atoms with E-state index in [1.165, 1.54) is 0 Å². The molecule has 0 saturated carbocycles. The van der Waals surface area contributed by atoms with Crippen molar-refractivity contribution in [3.8, 4) is 0 Å². The largest absolute Gasteiger partial charge is 0.355 e. The molecule has 1 N–H and O–H groups in total. The van der Waals surface area contributed by atoms with Gasteiger partial charge >= 0.3 is 6.55 Å². The Morgan fingerprint density at radius 2 is 1.93 bits per heavy atom. The van der Waals surface area contributed by atoms with Gasteiger partial charge in [0, 0.05) is 32.7 Å². The third-order valence-corrected chi connectivity index (χ3v) is 5.37. The summed E-state index contributed by atoms with van der Waals surface area (Å²) in [5, 5.41) is 2.93. The highest BCUT2D eigenvalue weighted by molar-refractivity contribution is 5.78. The van der Waals surface area contributed by atoms with Crippen LogP contribution in [0.2, 0.25) is 0 Å². The van der Waals surface area contributed by atoms with E-state index in [1.807, 2.05) is 13.0 Å². The summed E-state index contributed by atoms with van der Waals surface area (Å²) in [5.74, 6) is 0.441. The molecule has 6 nitrogen and oxygen atoms in total. The van der Waals surface area contributed by atoms with E-state index in [1.54, 1.807) is 18.2 Å². The molecule has 2 heterocycles. The molecule has 0 spiro atoms. The Kier molecular flexibility index (Phi) is 6.96. The number of hydrogen-bond donors (Lipinski definition) is 1. The number of imidazole rings is 1. The standard InChI is InChI=1S/C20H29F2N5O/c1-3-4-9-23-18(28)14-25-10-12-26(13-11-25)15(2)19-24-16-7-5-6-8-17(16)27(19)20(21)22/h5-8,15,20H,3-4,9-14H2,1-2H3,(H,23,28)/t15-/m0/s1. The second-order valence-corrected chi connectivity index (χ2v) is 7.30. The molecular weight excluding hydrogens is 364 g/mol. The maximum absolute atomic E-state index is 13.7. The van der Waals surface area contributed by atoms with Gasteiger partial charge in [-0.25, -0.2) is 4.98 Å². The summed E-state index contributed by atoms with van der Waals surface area (Å²) >= 11 is 0. The molecule has 3 rings (SSSR count). The van der Waals surface area contributed by atoms with Crippen molar-refractivity contribution in [1.82, 2.24) is 24.7 Å². The van der Waals surface area contributed by atoms with E-state index in [0.717, 1.165) is 50.1 Å². The minimum absolute atomic E-state index is 0.0504. The highest BCUT2D eigenvalue weighted by atomic mass is 19.3. The van der Waals surface area contributed by atoms with Gasteiger partial charge in [0.2, 0.25) is 5.91 Å². The van der Waals surface area contributed by atoms with E-state index in [4.69, 9.17) is 0 Å². The normalized spacial score (nSPS) is 17.3. The number of para-hydroxylation sites is 2. The van der Waals surface area contributed by atoms with Crippen molar-refractivity contribution in [3.63, 3.8) is 0 Å². The molecule has 1 saturated heterocycles. The van der Waals surface area contributed by atoms with Crippen LogP contribution in [0.3, 0.4) is 0 Å². The molecule has 1 amide bonds. The molecule has 1 aliphatic heterocycles. The molecule has 0 aliphatic carbocycles. The molecule has 1 aliphatic rings. The molecule has 8 heteroatoms. The summed E-state index contributed by atoms with van der Waals surface area (Å²) in [7, 11) is 0. The third kappa shape index (κ3) is 4.67. The number of aromatic nitrogens is 2. The van der Waals surface area contributed by atoms with Gasteiger partial charge in [-0.3, -0.25) is 19.2 Å². The van der Waals surface area contributed by atoms with E-state index < -0.39 is 6.55 Å². The average Bonchev–Trinajstić information content (AvgIpc) is 3.08.